The molecule has 0 amide bonds. The van der Waals surface area contributed by atoms with Crippen molar-refractivity contribution < 1.29 is 13.9 Å². The third kappa shape index (κ3) is 4.92. The maximum Gasteiger partial charge on any atom is 0.127 e. The van der Waals surface area contributed by atoms with E-state index in [1.807, 2.05) is 24.4 Å². The zero-order valence-electron chi connectivity index (χ0n) is 16.8. The van der Waals surface area contributed by atoms with E-state index in [2.05, 4.69) is 14.9 Å². The molecular formula is C23H26F2N4O. The number of nitrogens with zero attached hydrogens (tertiary/aromatic N) is 4. The summed E-state index contributed by atoms with van der Waals surface area (Å²) in [4.78, 5) is 4.58. The van der Waals surface area contributed by atoms with Gasteiger partial charge in [-0.1, -0.05) is 24.3 Å². The minimum absolute atomic E-state index is 0.101. The Morgan fingerprint density at radius 3 is 2.70 bits per heavy atom. The highest BCUT2D eigenvalue weighted by molar-refractivity contribution is 5.31. The Morgan fingerprint density at radius 2 is 1.90 bits per heavy atom. The van der Waals surface area contributed by atoms with E-state index in [0.29, 0.717) is 24.2 Å². The molecular weight excluding hydrogens is 386 g/mol. The average molecular weight is 412 g/mol. The third-order valence-corrected chi connectivity index (χ3v) is 5.60. The van der Waals surface area contributed by atoms with Crippen molar-refractivity contribution in [2.75, 3.05) is 26.2 Å². The minimum Gasteiger partial charge on any atom is -0.396 e. The lowest BCUT2D eigenvalue weighted by Gasteiger charge is -2.41. The van der Waals surface area contributed by atoms with Crippen LogP contribution in [0.5, 0.6) is 0 Å². The quantitative estimate of drug-likeness (QED) is 0.647. The number of piperazine rings is 1. The first-order chi connectivity index (χ1) is 14.6. The van der Waals surface area contributed by atoms with Crippen LogP contribution in [0.2, 0.25) is 0 Å². The highest BCUT2D eigenvalue weighted by Gasteiger charge is 2.27. The van der Waals surface area contributed by atoms with Gasteiger partial charge in [0.2, 0.25) is 0 Å². The summed E-state index contributed by atoms with van der Waals surface area (Å²) < 4.78 is 29.2. The van der Waals surface area contributed by atoms with E-state index in [-0.39, 0.29) is 24.3 Å². The summed E-state index contributed by atoms with van der Waals surface area (Å²) in [5.74, 6) is -0.477. The lowest BCUT2D eigenvalue weighted by molar-refractivity contribution is 0.0493. The van der Waals surface area contributed by atoms with E-state index >= 15 is 0 Å². The standard InChI is InChI=1S/C23H26F2N4O/c24-20-5-3-6-21(12-20)29-15-18(13-26-29)14-27-9-10-28(22(17-27)8-11-30)16-19-4-1-2-7-23(19)25/h1-7,12-13,15,22,30H,8-11,14,16-17H2/t22-/m1/s1. The van der Waals surface area contributed by atoms with Gasteiger partial charge in [-0.3, -0.25) is 9.80 Å². The van der Waals surface area contributed by atoms with Crippen molar-refractivity contribution in [3.05, 3.63) is 83.7 Å². The monoisotopic (exact) mass is 412 g/mol. The first kappa shape index (κ1) is 20.7. The van der Waals surface area contributed by atoms with Crippen molar-refractivity contribution in [1.82, 2.24) is 19.6 Å². The van der Waals surface area contributed by atoms with E-state index in [0.717, 1.165) is 31.7 Å². The second-order valence-electron chi connectivity index (χ2n) is 7.74. The molecule has 1 fully saturated rings. The Hall–Kier alpha value is -2.61. The predicted molar refractivity (Wildman–Crippen MR) is 111 cm³/mol. The number of aliphatic hydroxyl groups excluding tert-OH is 1. The largest absolute Gasteiger partial charge is 0.396 e. The van der Waals surface area contributed by atoms with Crippen LogP contribution in [-0.4, -0.2) is 57.0 Å². The molecule has 1 aliphatic rings. The minimum atomic E-state index is -0.289. The van der Waals surface area contributed by atoms with Crippen LogP contribution in [0.3, 0.4) is 0 Å². The van der Waals surface area contributed by atoms with Gasteiger partial charge in [0.1, 0.15) is 11.6 Å². The summed E-state index contributed by atoms with van der Waals surface area (Å²) in [6.45, 7) is 3.82. The van der Waals surface area contributed by atoms with Crippen molar-refractivity contribution in [2.24, 2.45) is 0 Å². The Bertz CT molecular complexity index is 977. The SMILES string of the molecule is OCC[C@@H]1CN(Cc2cnn(-c3cccc(F)c3)c2)CCN1Cc1ccccc1F. The smallest absolute Gasteiger partial charge is 0.127 e. The van der Waals surface area contributed by atoms with Gasteiger partial charge in [-0.15, -0.1) is 0 Å². The lowest BCUT2D eigenvalue weighted by Crippen LogP contribution is -2.52. The summed E-state index contributed by atoms with van der Waals surface area (Å²) >= 11 is 0. The zero-order valence-corrected chi connectivity index (χ0v) is 16.8. The fourth-order valence-electron chi connectivity index (χ4n) is 4.04. The number of rotatable bonds is 7. The van der Waals surface area contributed by atoms with Crippen LogP contribution in [0.4, 0.5) is 8.78 Å². The first-order valence-corrected chi connectivity index (χ1v) is 10.2. The molecule has 0 saturated carbocycles. The molecule has 1 atom stereocenters. The maximum atomic E-state index is 14.1. The number of halogens is 2. The van der Waals surface area contributed by atoms with Gasteiger partial charge in [0, 0.05) is 62.7 Å². The summed E-state index contributed by atoms with van der Waals surface area (Å²) in [5, 5.41) is 13.9. The lowest BCUT2D eigenvalue weighted by atomic mass is 10.1. The zero-order chi connectivity index (χ0) is 20.9. The van der Waals surface area contributed by atoms with Gasteiger partial charge < -0.3 is 5.11 Å². The van der Waals surface area contributed by atoms with Gasteiger partial charge in [-0.25, -0.2) is 13.5 Å². The molecule has 5 nitrogen and oxygen atoms in total. The Morgan fingerprint density at radius 1 is 1.03 bits per heavy atom. The molecule has 0 radical (unpaired) electrons. The van der Waals surface area contributed by atoms with Crippen LogP contribution in [0, 0.1) is 11.6 Å². The van der Waals surface area contributed by atoms with Crippen LogP contribution in [0.15, 0.2) is 60.9 Å². The summed E-state index contributed by atoms with van der Waals surface area (Å²) in [6, 6.07) is 13.4. The van der Waals surface area contributed by atoms with E-state index in [4.69, 9.17) is 0 Å². The van der Waals surface area contributed by atoms with Gasteiger partial charge in [0.05, 0.1) is 11.9 Å². The molecule has 4 rings (SSSR count). The van der Waals surface area contributed by atoms with Gasteiger partial charge in [-0.2, -0.15) is 5.10 Å². The summed E-state index contributed by atoms with van der Waals surface area (Å²) in [6.07, 6.45) is 4.37. The van der Waals surface area contributed by atoms with E-state index < -0.39 is 0 Å². The molecule has 1 saturated heterocycles. The van der Waals surface area contributed by atoms with Crippen molar-refractivity contribution in [3.63, 3.8) is 0 Å². The average Bonchev–Trinajstić information content (AvgIpc) is 3.20. The summed E-state index contributed by atoms with van der Waals surface area (Å²) in [5.41, 5.74) is 2.42. The Balaban J connectivity index is 1.40. The number of aliphatic hydroxyl groups is 1. The van der Waals surface area contributed by atoms with Crippen LogP contribution < -0.4 is 0 Å². The van der Waals surface area contributed by atoms with Crippen molar-refractivity contribution in [2.45, 2.75) is 25.6 Å². The van der Waals surface area contributed by atoms with Gasteiger partial charge in [0.25, 0.3) is 0 Å². The molecule has 30 heavy (non-hydrogen) atoms. The first-order valence-electron chi connectivity index (χ1n) is 10.2. The van der Waals surface area contributed by atoms with E-state index in [1.54, 1.807) is 23.0 Å². The fourth-order valence-corrected chi connectivity index (χ4v) is 4.04. The van der Waals surface area contributed by atoms with Crippen molar-refractivity contribution in [3.8, 4) is 5.69 Å². The molecule has 1 N–H and O–H groups in total. The number of benzene rings is 2. The third-order valence-electron chi connectivity index (χ3n) is 5.60. The van der Waals surface area contributed by atoms with Crippen LogP contribution in [0.1, 0.15) is 17.5 Å². The summed E-state index contributed by atoms with van der Waals surface area (Å²) in [7, 11) is 0. The molecule has 7 heteroatoms. The molecule has 1 aliphatic heterocycles. The van der Waals surface area contributed by atoms with Gasteiger partial charge in [0.15, 0.2) is 0 Å². The highest BCUT2D eigenvalue weighted by atomic mass is 19.1. The highest BCUT2D eigenvalue weighted by Crippen LogP contribution is 2.20. The van der Waals surface area contributed by atoms with Gasteiger partial charge in [-0.05, 0) is 30.7 Å². The molecule has 0 bridgehead atoms. The molecule has 1 aromatic heterocycles. The molecule has 158 valence electrons. The second-order valence-corrected chi connectivity index (χ2v) is 7.74. The van der Waals surface area contributed by atoms with E-state index in [9.17, 15) is 13.9 Å². The van der Waals surface area contributed by atoms with Crippen LogP contribution >= 0.6 is 0 Å². The molecule has 2 heterocycles. The molecule has 2 aromatic carbocycles. The fraction of sp³-hybridized carbons (Fsp3) is 0.348. The number of hydrogen-bond acceptors (Lipinski definition) is 4. The van der Waals surface area contributed by atoms with Gasteiger partial charge >= 0.3 is 0 Å². The predicted octanol–water partition coefficient (Wildman–Crippen LogP) is 3.22. The molecule has 0 unspecified atom stereocenters. The second kappa shape index (κ2) is 9.47. The van der Waals surface area contributed by atoms with Crippen LogP contribution in [0.25, 0.3) is 5.69 Å². The Kier molecular flexibility index (Phi) is 6.52. The number of hydrogen-bond donors (Lipinski definition) is 1. The maximum absolute atomic E-state index is 14.1. The number of aromatic nitrogens is 2. The van der Waals surface area contributed by atoms with E-state index in [1.165, 1.54) is 18.2 Å². The molecule has 3 aromatic rings. The van der Waals surface area contributed by atoms with Crippen molar-refractivity contribution >= 4 is 0 Å². The van der Waals surface area contributed by atoms with Crippen molar-refractivity contribution in [1.29, 1.82) is 0 Å². The topological polar surface area (TPSA) is 44.5 Å². The molecule has 0 spiro atoms. The Labute approximate surface area is 175 Å². The van der Waals surface area contributed by atoms with Crippen LogP contribution in [-0.2, 0) is 13.1 Å². The normalized spacial score (nSPS) is 18.0. The molecule has 0 aliphatic carbocycles.